The van der Waals surface area contributed by atoms with E-state index in [9.17, 15) is 4.79 Å². The number of carbonyl (C=O) groups excluding carboxylic acids is 1. The summed E-state index contributed by atoms with van der Waals surface area (Å²) in [6, 6.07) is 7.54. The van der Waals surface area contributed by atoms with E-state index in [1.165, 1.54) is 0 Å². The summed E-state index contributed by atoms with van der Waals surface area (Å²) in [6.45, 7) is 3.93. The third-order valence-electron chi connectivity index (χ3n) is 3.57. The number of hydrogen-bond acceptors (Lipinski definition) is 3. The maximum atomic E-state index is 12.5. The van der Waals surface area contributed by atoms with Crippen molar-refractivity contribution in [1.82, 2.24) is 4.90 Å². The maximum Gasteiger partial charge on any atom is 0.254 e. The molecule has 0 aliphatic carbocycles. The first kappa shape index (κ1) is 13.9. The fourth-order valence-corrected chi connectivity index (χ4v) is 2.54. The third kappa shape index (κ3) is 3.26. The number of nitrogens with two attached hydrogens (primary N) is 1. The van der Waals surface area contributed by atoms with Crippen molar-refractivity contribution in [2.75, 3.05) is 19.7 Å². The molecule has 0 spiro atoms. The lowest BCUT2D eigenvalue weighted by molar-refractivity contribution is 0.0623. The van der Waals surface area contributed by atoms with Crippen LogP contribution in [0.15, 0.2) is 24.3 Å². The molecular weight excluding hydrogens is 240 g/mol. The Morgan fingerprint density at radius 1 is 1.37 bits per heavy atom. The minimum atomic E-state index is 0.0817. The van der Waals surface area contributed by atoms with Crippen molar-refractivity contribution in [3.63, 3.8) is 0 Å². The first-order valence-corrected chi connectivity index (χ1v) is 7.00. The Balaban J connectivity index is 2.09. The van der Waals surface area contributed by atoms with Crippen molar-refractivity contribution in [1.29, 1.82) is 0 Å². The molecule has 0 radical (unpaired) electrons. The van der Waals surface area contributed by atoms with Gasteiger partial charge in [-0.2, -0.15) is 0 Å². The zero-order valence-electron chi connectivity index (χ0n) is 11.5. The van der Waals surface area contributed by atoms with Gasteiger partial charge in [0.1, 0.15) is 5.75 Å². The van der Waals surface area contributed by atoms with Crippen LogP contribution in [0.5, 0.6) is 5.75 Å². The van der Waals surface area contributed by atoms with Gasteiger partial charge in [-0.3, -0.25) is 4.79 Å². The molecule has 1 unspecified atom stereocenters. The van der Waals surface area contributed by atoms with E-state index in [0.717, 1.165) is 31.6 Å². The van der Waals surface area contributed by atoms with Crippen molar-refractivity contribution < 1.29 is 9.53 Å². The molecule has 19 heavy (non-hydrogen) atoms. The number of amides is 1. The van der Waals surface area contributed by atoms with E-state index in [4.69, 9.17) is 10.5 Å². The number of hydrogen-bond donors (Lipinski definition) is 1. The quantitative estimate of drug-likeness (QED) is 0.903. The summed E-state index contributed by atoms with van der Waals surface area (Å²) in [5, 5.41) is 0. The summed E-state index contributed by atoms with van der Waals surface area (Å²) in [7, 11) is 0. The van der Waals surface area contributed by atoms with E-state index < -0.39 is 0 Å². The molecule has 104 valence electrons. The zero-order valence-corrected chi connectivity index (χ0v) is 11.5. The monoisotopic (exact) mass is 262 g/mol. The third-order valence-corrected chi connectivity index (χ3v) is 3.57. The van der Waals surface area contributed by atoms with E-state index >= 15 is 0 Å². The fourth-order valence-electron chi connectivity index (χ4n) is 2.54. The highest BCUT2D eigenvalue weighted by atomic mass is 16.5. The first-order valence-electron chi connectivity index (χ1n) is 7.00. The number of ether oxygens (including phenoxy) is 1. The van der Waals surface area contributed by atoms with Crippen LogP contribution in [0, 0.1) is 0 Å². The second-order valence-electron chi connectivity index (χ2n) is 4.84. The van der Waals surface area contributed by atoms with E-state index in [1.807, 2.05) is 36.1 Å². The lowest BCUT2D eigenvalue weighted by Crippen LogP contribution is -2.47. The van der Waals surface area contributed by atoms with Crippen molar-refractivity contribution in [2.45, 2.75) is 32.2 Å². The van der Waals surface area contributed by atoms with Gasteiger partial charge in [0.05, 0.1) is 6.61 Å². The summed E-state index contributed by atoms with van der Waals surface area (Å²) < 4.78 is 5.38. The fraction of sp³-hybridized carbons (Fsp3) is 0.533. The number of benzene rings is 1. The molecule has 1 atom stereocenters. The normalized spacial score (nSPS) is 19.3. The van der Waals surface area contributed by atoms with E-state index in [-0.39, 0.29) is 11.9 Å². The lowest BCUT2D eigenvalue weighted by atomic mass is 10.0. The minimum absolute atomic E-state index is 0.0817. The summed E-state index contributed by atoms with van der Waals surface area (Å²) in [5.41, 5.74) is 6.47. The Labute approximate surface area is 114 Å². The molecule has 4 nitrogen and oxygen atoms in total. The Hall–Kier alpha value is -1.55. The molecule has 0 aromatic heterocycles. The molecule has 4 heteroatoms. The molecule has 2 N–H and O–H groups in total. The standard InChI is InChI=1S/C15H22N2O2/c1-2-19-14-8-6-12(7-9-14)15(18)17-10-4-3-5-13(17)11-16/h6-9,13H,2-5,10-11,16H2,1H3. The second kappa shape index (κ2) is 6.57. The Bertz CT molecular complexity index is 417. The van der Waals surface area contributed by atoms with Gasteiger partial charge in [-0.05, 0) is 50.5 Å². The van der Waals surface area contributed by atoms with Gasteiger partial charge >= 0.3 is 0 Å². The van der Waals surface area contributed by atoms with E-state index in [0.29, 0.717) is 18.7 Å². The second-order valence-corrected chi connectivity index (χ2v) is 4.84. The van der Waals surface area contributed by atoms with E-state index in [2.05, 4.69) is 0 Å². The average Bonchev–Trinajstić information content (AvgIpc) is 2.47. The summed E-state index contributed by atoms with van der Waals surface area (Å²) in [6.07, 6.45) is 3.24. The number of carbonyl (C=O) groups is 1. The number of piperidine rings is 1. The molecule has 1 amide bonds. The zero-order chi connectivity index (χ0) is 13.7. The van der Waals surface area contributed by atoms with Crippen LogP contribution in [0.2, 0.25) is 0 Å². The van der Waals surface area contributed by atoms with Crippen LogP contribution in [-0.4, -0.2) is 36.5 Å². The summed E-state index contributed by atoms with van der Waals surface area (Å²) in [4.78, 5) is 14.4. The lowest BCUT2D eigenvalue weighted by Gasteiger charge is -2.35. The van der Waals surface area contributed by atoms with Gasteiger partial charge in [0.25, 0.3) is 5.91 Å². The smallest absolute Gasteiger partial charge is 0.254 e. The largest absolute Gasteiger partial charge is 0.494 e. The predicted molar refractivity (Wildman–Crippen MR) is 75.3 cm³/mol. The molecule has 0 bridgehead atoms. The average molecular weight is 262 g/mol. The van der Waals surface area contributed by atoms with Gasteiger partial charge in [-0.25, -0.2) is 0 Å². The predicted octanol–water partition coefficient (Wildman–Crippen LogP) is 2.04. The molecule has 1 fully saturated rings. The summed E-state index contributed by atoms with van der Waals surface area (Å²) >= 11 is 0. The van der Waals surface area contributed by atoms with Crippen LogP contribution in [0.3, 0.4) is 0 Å². The molecule has 0 saturated carbocycles. The Kier molecular flexibility index (Phi) is 4.80. The highest BCUT2D eigenvalue weighted by Gasteiger charge is 2.26. The van der Waals surface area contributed by atoms with E-state index in [1.54, 1.807) is 0 Å². The molecule has 1 aliphatic heterocycles. The highest BCUT2D eigenvalue weighted by Crippen LogP contribution is 2.20. The van der Waals surface area contributed by atoms with Crippen LogP contribution in [0.4, 0.5) is 0 Å². The van der Waals surface area contributed by atoms with Crippen LogP contribution < -0.4 is 10.5 Å². The van der Waals surface area contributed by atoms with Crippen molar-refractivity contribution in [3.05, 3.63) is 29.8 Å². The molecule has 2 rings (SSSR count). The molecule has 1 saturated heterocycles. The SMILES string of the molecule is CCOc1ccc(C(=O)N2CCCCC2CN)cc1. The van der Waals surface area contributed by atoms with Gasteiger partial charge in [-0.1, -0.05) is 0 Å². The van der Waals surface area contributed by atoms with Crippen molar-refractivity contribution >= 4 is 5.91 Å². The molecule has 1 aromatic carbocycles. The number of nitrogens with zero attached hydrogens (tertiary/aromatic N) is 1. The van der Waals surface area contributed by atoms with Gasteiger partial charge in [0.2, 0.25) is 0 Å². The molecule has 1 heterocycles. The van der Waals surface area contributed by atoms with Crippen LogP contribution in [0.1, 0.15) is 36.5 Å². The molecular formula is C15H22N2O2. The van der Waals surface area contributed by atoms with Gasteiger partial charge in [0, 0.05) is 24.7 Å². The van der Waals surface area contributed by atoms with Gasteiger partial charge in [0.15, 0.2) is 0 Å². The van der Waals surface area contributed by atoms with Crippen molar-refractivity contribution in [2.24, 2.45) is 5.73 Å². The van der Waals surface area contributed by atoms with Crippen molar-refractivity contribution in [3.8, 4) is 5.75 Å². The highest BCUT2D eigenvalue weighted by molar-refractivity contribution is 5.94. The number of rotatable bonds is 4. The number of likely N-dealkylation sites (tertiary alicyclic amines) is 1. The van der Waals surface area contributed by atoms with Gasteiger partial charge < -0.3 is 15.4 Å². The Morgan fingerprint density at radius 3 is 2.74 bits per heavy atom. The van der Waals surface area contributed by atoms with Crippen LogP contribution in [-0.2, 0) is 0 Å². The topological polar surface area (TPSA) is 55.6 Å². The molecule has 1 aliphatic rings. The summed E-state index contributed by atoms with van der Waals surface area (Å²) in [5.74, 6) is 0.881. The van der Waals surface area contributed by atoms with Gasteiger partial charge in [-0.15, -0.1) is 0 Å². The van der Waals surface area contributed by atoms with Crippen LogP contribution >= 0.6 is 0 Å². The maximum absolute atomic E-state index is 12.5. The Morgan fingerprint density at radius 2 is 2.11 bits per heavy atom. The molecule has 1 aromatic rings. The minimum Gasteiger partial charge on any atom is -0.494 e. The first-order chi connectivity index (χ1) is 9.26. The van der Waals surface area contributed by atoms with Crippen LogP contribution in [0.25, 0.3) is 0 Å².